The van der Waals surface area contributed by atoms with Gasteiger partial charge < -0.3 is 0 Å². The van der Waals surface area contributed by atoms with Crippen molar-refractivity contribution < 1.29 is 0 Å². The van der Waals surface area contributed by atoms with Gasteiger partial charge in [-0.15, -0.1) is 0 Å². The number of aromatic nitrogens is 2. The molecule has 2 heteroatoms. The molecule has 2 nitrogen and oxygen atoms in total. The summed E-state index contributed by atoms with van der Waals surface area (Å²) in [4.78, 5) is 9.17. The lowest BCUT2D eigenvalue weighted by Crippen LogP contribution is -2.05. The van der Waals surface area contributed by atoms with Crippen LogP contribution in [0.2, 0.25) is 0 Å². The molecule has 0 N–H and O–H groups in total. The first-order valence-corrected chi connectivity index (χ1v) is 7.07. The summed E-state index contributed by atoms with van der Waals surface area (Å²) in [5, 5.41) is 0. The number of hydrogen-bond acceptors (Lipinski definition) is 2. The lowest BCUT2D eigenvalue weighted by Gasteiger charge is -2.10. The minimum atomic E-state index is 0.601. The van der Waals surface area contributed by atoms with E-state index in [2.05, 4.69) is 49.8 Å². The zero-order chi connectivity index (χ0) is 13.5. The fourth-order valence-corrected chi connectivity index (χ4v) is 1.69. The second-order valence-corrected chi connectivity index (χ2v) is 5.31. The minimum Gasteiger partial charge on any atom is -0.254 e. The lowest BCUT2D eigenvalue weighted by atomic mass is 10.0. The smallest absolute Gasteiger partial charge is 0.0842 e. The Morgan fingerprint density at radius 2 is 1.94 bits per heavy atom. The molecular weight excluding hydrogens is 220 g/mol. The standard InChI is InChI=1S/C16H26N2/c1-6-12(3)8-9-15-16(10-13(4)7-2)18-14(5)11-17-15/h8-9,11-13H,6-7,10H2,1-5H3/b9-8+. The summed E-state index contributed by atoms with van der Waals surface area (Å²) in [6.45, 7) is 10.9. The van der Waals surface area contributed by atoms with Crippen molar-refractivity contribution in [3.8, 4) is 0 Å². The maximum absolute atomic E-state index is 4.65. The molecule has 0 aliphatic heterocycles. The Morgan fingerprint density at radius 3 is 2.56 bits per heavy atom. The van der Waals surface area contributed by atoms with Gasteiger partial charge in [0, 0.05) is 6.20 Å². The minimum absolute atomic E-state index is 0.601. The Bertz CT molecular complexity index is 396. The third-order valence-electron chi connectivity index (χ3n) is 3.46. The Morgan fingerprint density at radius 1 is 1.22 bits per heavy atom. The average molecular weight is 246 g/mol. The van der Waals surface area contributed by atoms with E-state index in [-0.39, 0.29) is 0 Å². The second-order valence-electron chi connectivity index (χ2n) is 5.31. The van der Waals surface area contributed by atoms with Gasteiger partial charge in [-0.2, -0.15) is 0 Å². The summed E-state index contributed by atoms with van der Waals surface area (Å²) in [5.41, 5.74) is 3.19. The molecule has 1 rings (SSSR count). The maximum atomic E-state index is 4.65. The Hall–Kier alpha value is -1.18. The van der Waals surface area contributed by atoms with E-state index < -0.39 is 0 Å². The van der Waals surface area contributed by atoms with Crippen molar-refractivity contribution >= 4 is 6.08 Å². The lowest BCUT2D eigenvalue weighted by molar-refractivity contribution is 0.550. The maximum Gasteiger partial charge on any atom is 0.0842 e. The molecular formula is C16H26N2. The Labute approximate surface area is 112 Å². The zero-order valence-corrected chi connectivity index (χ0v) is 12.4. The van der Waals surface area contributed by atoms with Crippen LogP contribution in [0, 0.1) is 18.8 Å². The van der Waals surface area contributed by atoms with Crippen LogP contribution >= 0.6 is 0 Å². The van der Waals surface area contributed by atoms with Crippen molar-refractivity contribution in [1.82, 2.24) is 9.97 Å². The topological polar surface area (TPSA) is 25.8 Å². The number of allylic oxidation sites excluding steroid dienone is 1. The predicted octanol–water partition coefficient (Wildman–Crippen LogP) is 4.43. The van der Waals surface area contributed by atoms with Crippen LogP contribution in [0.25, 0.3) is 6.08 Å². The molecule has 18 heavy (non-hydrogen) atoms. The van der Waals surface area contributed by atoms with Crippen LogP contribution in [0.5, 0.6) is 0 Å². The SMILES string of the molecule is CCC(C)/C=C/c1ncc(C)nc1CC(C)CC. The summed E-state index contributed by atoms with van der Waals surface area (Å²) in [6, 6.07) is 0. The van der Waals surface area contributed by atoms with Crippen LogP contribution in [0.15, 0.2) is 12.3 Å². The summed E-state index contributed by atoms with van der Waals surface area (Å²) in [6.07, 6.45) is 9.60. The zero-order valence-electron chi connectivity index (χ0n) is 12.4. The van der Waals surface area contributed by atoms with Crippen molar-refractivity contribution in [2.24, 2.45) is 11.8 Å². The molecule has 0 aliphatic rings. The van der Waals surface area contributed by atoms with E-state index >= 15 is 0 Å². The fraction of sp³-hybridized carbons (Fsp3) is 0.625. The van der Waals surface area contributed by atoms with E-state index in [1.54, 1.807) is 0 Å². The van der Waals surface area contributed by atoms with Gasteiger partial charge >= 0.3 is 0 Å². The highest BCUT2D eigenvalue weighted by Crippen LogP contribution is 2.15. The summed E-state index contributed by atoms with van der Waals surface area (Å²) in [7, 11) is 0. The molecule has 1 aromatic heterocycles. The molecule has 100 valence electrons. The van der Waals surface area contributed by atoms with E-state index in [1.807, 2.05) is 13.1 Å². The second kappa shape index (κ2) is 7.30. The monoisotopic (exact) mass is 246 g/mol. The van der Waals surface area contributed by atoms with E-state index in [0.29, 0.717) is 11.8 Å². The van der Waals surface area contributed by atoms with Crippen LogP contribution in [0.4, 0.5) is 0 Å². The molecule has 1 heterocycles. The van der Waals surface area contributed by atoms with Crippen LogP contribution < -0.4 is 0 Å². The summed E-state index contributed by atoms with van der Waals surface area (Å²) in [5.74, 6) is 1.27. The van der Waals surface area contributed by atoms with Gasteiger partial charge in [-0.3, -0.25) is 9.97 Å². The quantitative estimate of drug-likeness (QED) is 0.742. The van der Waals surface area contributed by atoms with Crippen molar-refractivity contribution in [3.05, 3.63) is 29.4 Å². The molecule has 0 fully saturated rings. The molecule has 0 amide bonds. The molecule has 2 atom stereocenters. The van der Waals surface area contributed by atoms with Gasteiger partial charge in [-0.05, 0) is 31.3 Å². The fourth-order valence-electron chi connectivity index (χ4n) is 1.69. The van der Waals surface area contributed by atoms with Crippen molar-refractivity contribution in [2.75, 3.05) is 0 Å². The Balaban J connectivity index is 2.92. The number of rotatable bonds is 6. The molecule has 0 spiro atoms. The van der Waals surface area contributed by atoms with Crippen molar-refractivity contribution in [1.29, 1.82) is 0 Å². The van der Waals surface area contributed by atoms with Gasteiger partial charge in [0.1, 0.15) is 0 Å². The molecule has 2 unspecified atom stereocenters. The van der Waals surface area contributed by atoms with Gasteiger partial charge in [0.2, 0.25) is 0 Å². The molecule has 0 aliphatic carbocycles. The average Bonchev–Trinajstić information content (AvgIpc) is 2.37. The van der Waals surface area contributed by atoms with Crippen LogP contribution in [-0.2, 0) is 6.42 Å². The summed E-state index contributed by atoms with van der Waals surface area (Å²) < 4.78 is 0. The van der Waals surface area contributed by atoms with Crippen molar-refractivity contribution in [2.45, 2.75) is 53.9 Å². The van der Waals surface area contributed by atoms with Crippen LogP contribution in [-0.4, -0.2) is 9.97 Å². The van der Waals surface area contributed by atoms with Crippen LogP contribution in [0.1, 0.15) is 57.6 Å². The first-order valence-electron chi connectivity index (χ1n) is 7.07. The summed E-state index contributed by atoms with van der Waals surface area (Å²) >= 11 is 0. The number of aryl methyl sites for hydroxylation is 1. The highest BCUT2D eigenvalue weighted by Gasteiger charge is 2.08. The number of hydrogen-bond donors (Lipinski definition) is 0. The first kappa shape index (κ1) is 14.9. The predicted molar refractivity (Wildman–Crippen MR) is 78.4 cm³/mol. The van der Waals surface area contributed by atoms with E-state index in [0.717, 1.165) is 29.9 Å². The van der Waals surface area contributed by atoms with Gasteiger partial charge in [0.15, 0.2) is 0 Å². The third kappa shape index (κ3) is 4.59. The largest absolute Gasteiger partial charge is 0.254 e. The van der Waals surface area contributed by atoms with Crippen LogP contribution in [0.3, 0.4) is 0 Å². The van der Waals surface area contributed by atoms with E-state index in [4.69, 9.17) is 0 Å². The number of nitrogens with zero attached hydrogens (tertiary/aromatic N) is 2. The van der Waals surface area contributed by atoms with Gasteiger partial charge in [0.25, 0.3) is 0 Å². The highest BCUT2D eigenvalue weighted by molar-refractivity contribution is 5.47. The molecule has 0 bridgehead atoms. The highest BCUT2D eigenvalue weighted by atomic mass is 14.8. The van der Waals surface area contributed by atoms with Gasteiger partial charge in [-0.1, -0.05) is 46.6 Å². The molecule has 0 saturated carbocycles. The van der Waals surface area contributed by atoms with Gasteiger partial charge in [0.05, 0.1) is 17.1 Å². The molecule has 0 aromatic carbocycles. The molecule has 1 aromatic rings. The molecule has 0 radical (unpaired) electrons. The Kier molecular flexibility index (Phi) is 6.03. The van der Waals surface area contributed by atoms with E-state index in [9.17, 15) is 0 Å². The van der Waals surface area contributed by atoms with Crippen molar-refractivity contribution in [3.63, 3.8) is 0 Å². The van der Waals surface area contributed by atoms with E-state index in [1.165, 1.54) is 6.42 Å². The third-order valence-corrected chi connectivity index (χ3v) is 3.46. The normalized spacial score (nSPS) is 14.9. The van der Waals surface area contributed by atoms with Gasteiger partial charge in [-0.25, -0.2) is 0 Å². The first-order chi connectivity index (χ1) is 8.56. The molecule has 0 saturated heterocycles.